The zero-order chi connectivity index (χ0) is 14.5. The van der Waals surface area contributed by atoms with E-state index in [0.29, 0.717) is 12.4 Å². The summed E-state index contributed by atoms with van der Waals surface area (Å²) in [6, 6.07) is 5.23. The molecular weight excluding hydrogens is 275 g/mol. The Morgan fingerprint density at radius 1 is 1.11 bits per heavy atom. The summed E-state index contributed by atoms with van der Waals surface area (Å²) in [5.74, 6) is 0.606. The molecule has 1 aromatic rings. The molecule has 0 atom stereocenters. The summed E-state index contributed by atoms with van der Waals surface area (Å²) in [5, 5.41) is 3.25. The van der Waals surface area contributed by atoms with Crippen molar-refractivity contribution in [1.29, 1.82) is 0 Å². The van der Waals surface area contributed by atoms with Crippen molar-refractivity contribution in [2.45, 2.75) is 33.0 Å². The minimum absolute atomic E-state index is 0.0909. The van der Waals surface area contributed by atoms with Crippen LogP contribution in [0.2, 0.25) is 0 Å². The standard InChI is InChI=1S/C14H19ClF3N/c1-13(2,7-8-15)10-19-9-11-3-5-12(6-4-11)14(16,17)18/h3-6,19H,7-10H2,1-2H3. The molecule has 0 saturated heterocycles. The van der Waals surface area contributed by atoms with E-state index in [1.165, 1.54) is 12.1 Å². The normalized spacial score (nSPS) is 12.7. The largest absolute Gasteiger partial charge is 0.416 e. The molecule has 0 aliphatic carbocycles. The molecule has 0 spiro atoms. The Morgan fingerprint density at radius 3 is 2.16 bits per heavy atom. The molecule has 0 amide bonds. The summed E-state index contributed by atoms with van der Waals surface area (Å²) in [7, 11) is 0. The lowest BCUT2D eigenvalue weighted by molar-refractivity contribution is -0.137. The van der Waals surface area contributed by atoms with E-state index in [0.717, 1.165) is 30.7 Å². The van der Waals surface area contributed by atoms with Crippen LogP contribution in [0.5, 0.6) is 0 Å². The van der Waals surface area contributed by atoms with Crippen molar-refractivity contribution in [2.75, 3.05) is 12.4 Å². The minimum atomic E-state index is -4.27. The first-order valence-corrected chi connectivity index (χ1v) is 6.71. The fourth-order valence-electron chi connectivity index (χ4n) is 1.70. The monoisotopic (exact) mass is 293 g/mol. The van der Waals surface area contributed by atoms with Crippen LogP contribution in [0.4, 0.5) is 13.2 Å². The zero-order valence-corrected chi connectivity index (χ0v) is 11.9. The third kappa shape index (κ3) is 5.83. The van der Waals surface area contributed by atoms with Crippen LogP contribution in [-0.4, -0.2) is 12.4 Å². The summed E-state index contributed by atoms with van der Waals surface area (Å²) in [5.41, 5.74) is 0.321. The molecule has 0 heterocycles. The van der Waals surface area contributed by atoms with E-state index >= 15 is 0 Å². The molecule has 0 radical (unpaired) electrons. The fourth-order valence-corrected chi connectivity index (χ4v) is 2.21. The van der Waals surface area contributed by atoms with Crippen LogP contribution < -0.4 is 5.32 Å². The lowest BCUT2D eigenvalue weighted by Crippen LogP contribution is -2.29. The third-order valence-corrected chi connectivity index (χ3v) is 3.17. The topological polar surface area (TPSA) is 12.0 Å². The van der Waals surface area contributed by atoms with Gasteiger partial charge >= 0.3 is 6.18 Å². The predicted octanol–water partition coefficient (Wildman–Crippen LogP) is 4.45. The highest BCUT2D eigenvalue weighted by Gasteiger charge is 2.29. The Kier molecular flexibility index (Phi) is 5.68. The number of benzene rings is 1. The van der Waals surface area contributed by atoms with Gasteiger partial charge in [-0.15, -0.1) is 11.6 Å². The van der Waals surface area contributed by atoms with Gasteiger partial charge in [0.15, 0.2) is 0 Å². The van der Waals surface area contributed by atoms with Gasteiger partial charge in [-0.3, -0.25) is 0 Å². The van der Waals surface area contributed by atoms with Crippen molar-refractivity contribution in [2.24, 2.45) is 5.41 Å². The third-order valence-electron chi connectivity index (χ3n) is 2.99. The van der Waals surface area contributed by atoms with Crippen LogP contribution in [0, 0.1) is 5.41 Å². The molecule has 0 aromatic heterocycles. The van der Waals surface area contributed by atoms with Crippen molar-refractivity contribution in [3.63, 3.8) is 0 Å². The lowest BCUT2D eigenvalue weighted by Gasteiger charge is -2.24. The van der Waals surface area contributed by atoms with Gasteiger partial charge < -0.3 is 5.32 Å². The molecule has 0 saturated carbocycles. The average molecular weight is 294 g/mol. The maximum absolute atomic E-state index is 12.4. The SMILES string of the molecule is CC(C)(CCCl)CNCc1ccc(C(F)(F)F)cc1. The molecule has 1 rings (SSSR count). The molecule has 0 unspecified atom stereocenters. The van der Waals surface area contributed by atoms with Crippen LogP contribution >= 0.6 is 11.6 Å². The van der Waals surface area contributed by atoms with E-state index in [4.69, 9.17) is 11.6 Å². The van der Waals surface area contributed by atoms with Crippen LogP contribution in [-0.2, 0) is 12.7 Å². The molecule has 1 aromatic carbocycles. The van der Waals surface area contributed by atoms with E-state index in [1.807, 2.05) is 0 Å². The van der Waals surface area contributed by atoms with Gasteiger partial charge in [0.05, 0.1) is 5.56 Å². The Labute approximate surface area is 117 Å². The molecule has 5 heteroatoms. The molecule has 1 nitrogen and oxygen atoms in total. The van der Waals surface area contributed by atoms with E-state index < -0.39 is 11.7 Å². The van der Waals surface area contributed by atoms with Gasteiger partial charge in [-0.1, -0.05) is 26.0 Å². The summed E-state index contributed by atoms with van der Waals surface area (Å²) >= 11 is 5.71. The van der Waals surface area contributed by atoms with Crippen LogP contribution in [0.1, 0.15) is 31.4 Å². The van der Waals surface area contributed by atoms with Gasteiger partial charge in [0.25, 0.3) is 0 Å². The maximum Gasteiger partial charge on any atom is 0.416 e. The molecule has 0 fully saturated rings. The molecule has 0 aliphatic heterocycles. The van der Waals surface area contributed by atoms with Crippen LogP contribution in [0.3, 0.4) is 0 Å². The van der Waals surface area contributed by atoms with Crippen molar-refractivity contribution in [3.8, 4) is 0 Å². The molecule has 108 valence electrons. The number of hydrogen-bond donors (Lipinski definition) is 1. The van der Waals surface area contributed by atoms with Gasteiger partial charge in [-0.05, 0) is 29.5 Å². The highest BCUT2D eigenvalue weighted by atomic mass is 35.5. The van der Waals surface area contributed by atoms with Crippen LogP contribution in [0.25, 0.3) is 0 Å². The quantitative estimate of drug-likeness (QED) is 0.764. The number of hydrogen-bond acceptors (Lipinski definition) is 1. The summed E-state index contributed by atoms with van der Waals surface area (Å²) in [6.07, 6.45) is -3.37. The van der Waals surface area contributed by atoms with Crippen molar-refractivity contribution >= 4 is 11.6 Å². The number of rotatable bonds is 6. The number of halogens is 4. The van der Waals surface area contributed by atoms with Crippen molar-refractivity contribution in [1.82, 2.24) is 5.32 Å². The van der Waals surface area contributed by atoms with Gasteiger partial charge in [0, 0.05) is 19.0 Å². The predicted molar refractivity (Wildman–Crippen MR) is 72.3 cm³/mol. The minimum Gasteiger partial charge on any atom is -0.312 e. The van der Waals surface area contributed by atoms with Crippen LogP contribution in [0.15, 0.2) is 24.3 Å². The number of nitrogens with one attached hydrogen (secondary N) is 1. The van der Waals surface area contributed by atoms with Gasteiger partial charge in [-0.2, -0.15) is 13.2 Å². The maximum atomic E-state index is 12.4. The second-order valence-electron chi connectivity index (χ2n) is 5.40. The van der Waals surface area contributed by atoms with Gasteiger partial charge in [0.1, 0.15) is 0 Å². The first kappa shape index (κ1) is 16.3. The summed E-state index contributed by atoms with van der Waals surface area (Å²) < 4.78 is 37.2. The average Bonchev–Trinajstić information content (AvgIpc) is 2.28. The lowest BCUT2D eigenvalue weighted by atomic mass is 9.90. The molecule has 1 N–H and O–H groups in total. The van der Waals surface area contributed by atoms with E-state index in [-0.39, 0.29) is 5.41 Å². The molecule has 19 heavy (non-hydrogen) atoms. The number of alkyl halides is 4. The van der Waals surface area contributed by atoms with Gasteiger partial charge in [-0.25, -0.2) is 0 Å². The highest BCUT2D eigenvalue weighted by Crippen LogP contribution is 2.29. The van der Waals surface area contributed by atoms with E-state index in [2.05, 4.69) is 19.2 Å². The summed E-state index contributed by atoms with van der Waals surface area (Å²) in [4.78, 5) is 0. The Morgan fingerprint density at radius 2 is 1.68 bits per heavy atom. The second kappa shape index (κ2) is 6.62. The second-order valence-corrected chi connectivity index (χ2v) is 5.78. The molecular formula is C14H19ClF3N. The highest BCUT2D eigenvalue weighted by molar-refractivity contribution is 6.17. The fraction of sp³-hybridized carbons (Fsp3) is 0.571. The summed E-state index contributed by atoms with van der Waals surface area (Å²) in [6.45, 7) is 5.55. The molecule has 0 aliphatic rings. The van der Waals surface area contributed by atoms with E-state index in [1.54, 1.807) is 0 Å². The van der Waals surface area contributed by atoms with E-state index in [9.17, 15) is 13.2 Å². The zero-order valence-electron chi connectivity index (χ0n) is 11.1. The van der Waals surface area contributed by atoms with Crippen molar-refractivity contribution in [3.05, 3.63) is 35.4 Å². The Bertz CT molecular complexity index is 385. The first-order chi connectivity index (χ1) is 8.74. The van der Waals surface area contributed by atoms with Gasteiger partial charge in [0.2, 0.25) is 0 Å². The van der Waals surface area contributed by atoms with Crippen molar-refractivity contribution < 1.29 is 13.2 Å². The smallest absolute Gasteiger partial charge is 0.312 e. The molecule has 0 bridgehead atoms. The Balaban J connectivity index is 2.47. The first-order valence-electron chi connectivity index (χ1n) is 6.17. The Hall–Kier alpha value is -0.740.